The van der Waals surface area contributed by atoms with E-state index in [1.165, 1.54) is 11.1 Å². The quantitative estimate of drug-likeness (QED) is 0.771. The molecule has 0 radical (unpaired) electrons. The lowest BCUT2D eigenvalue weighted by Gasteiger charge is -2.02. The third-order valence-corrected chi connectivity index (χ3v) is 2.12. The monoisotopic (exact) mass is 203 g/mol. The van der Waals surface area contributed by atoms with Gasteiger partial charge in [0.1, 0.15) is 0 Å². The Balaban J connectivity index is 1.81. The summed E-state index contributed by atoms with van der Waals surface area (Å²) in [6.45, 7) is 3.52. The summed E-state index contributed by atoms with van der Waals surface area (Å²) < 4.78 is 0. The van der Waals surface area contributed by atoms with Gasteiger partial charge in [0, 0.05) is 6.54 Å². The highest BCUT2D eigenvalue weighted by Crippen LogP contribution is 2.02. The van der Waals surface area contributed by atoms with Crippen LogP contribution >= 0.6 is 0 Å². The Hall–Kier alpha value is -1.75. The molecule has 5 nitrogen and oxygen atoms in total. The minimum absolute atomic E-state index is 0.629. The molecule has 0 spiro atoms. The summed E-state index contributed by atoms with van der Waals surface area (Å²) in [6, 6.07) is 8.42. The van der Waals surface area contributed by atoms with Gasteiger partial charge in [-0.3, -0.25) is 0 Å². The van der Waals surface area contributed by atoms with Gasteiger partial charge in [-0.15, -0.1) is 10.2 Å². The number of aromatic amines is 1. The Kier molecular flexibility index (Phi) is 3.04. The highest BCUT2D eigenvalue weighted by Gasteiger charge is 1.97. The molecule has 2 rings (SSSR count). The molecule has 78 valence electrons. The van der Waals surface area contributed by atoms with Crippen LogP contribution in [0.4, 0.5) is 0 Å². The van der Waals surface area contributed by atoms with Gasteiger partial charge in [0.15, 0.2) is 5.82 Å². The fourth-order valence-corrected chi connectivity index (χ4v) is 1.28. The van der Waals surface area contributed by atoms with Crippen LogP contribution in [0.5, 0.6) is 0 Å². The zero-order chi connectivity index (χ0) is 10.5. The lowest BCUT2D eigenvalue weighted by molar-refractivity contribution is 0.663. The fourth-order valence-electron chi connectivity index (χ4n) is 1.28. The van der Waals surface area contributed by atoms with Gasteiger partial charge in [0.2, 0.25) is 0 Å². The fraction of sp³-hybridized carbons (Fsp3) is 0.300. The minimum Gasteiger partial charge on any atom is -0.306 e. The Morgan fingerprint density at radius 2 is 2.00 bits per heavy atom. The van der Waals surface area contributed by atoms with Crippen LogP contribution in [0.3, 0.4) is 0 Å². The molecule has 5 heteroatoms. The van der Waals surface area contributed by atoms with Gasteiger partial charge < -0.3 is 5.32 Å². The number of H-pyrrole nitrogens is 1. The molecular formula is C10H13N5. The highest BCUT2D eigenvalue weighted by molar-refractivity contribution is 5.21. The van der Waals surface area contributed by atoms with Crippen LogP contribution in [-0.4, -0.2) is 20.6 Å². The van der Waals surface area contributed by atoms with Crippen molar-refractivity contribution in [3.63, 3.8) is 0 Å². The maximum atomic E-state index is 3.85. The third-order valence-electron chi connectivity index (χ3n) is 2.12. The van der Waals surface area contributed by atoms with Gasteiger partial charge in [-0.1, -0.05) is 35.0 Å². The molecule has 0 aliphatic heterocycles. The van der Waals surface area contributed by atoms with E-state index in [1.54, 1.807) is 0 Å². The van der Waals surface area contributed by atoms with Crippen LogP contribution < -0.4 is 5.32 Å². The van der Waals surface area contributed by atoms with Crippen molar-refractivity contribution in [1.29, 1.82) is 0 Å². The van der Waals surface area contributed by atoms with Gasteiger partial charge in [-0.05, 0) is 12.5 Å². The maximum Gasteiger partial charge on any atom is 0.188 e. The van der Waals surface area contributed by atoms with Gasteiger partial charge >= 0.3 is 0 Å². The molecular weight excluding hydrogens is 190 g/mol. The number of nitrogens with one attached hydrogen (secondary N) is 2. The molecule has 0 saturated heterocycles. The number of aryl methyl sites for hydroxylation is 1. The zero-order valence-corrected chi connectivity index (χ0v) is 8.57. The van der Waals surface area contributed by atoms with Crippen molar-refractivity contribution in [2.75, 3.05) is 0 Å². The lowest BCUT2D eigenvalue weighted by Crippen LogP contribution is -2.13. The van der Waals surface area contributed by atoms with Crippen molar-refractivity contribution >= 4 is 0 Å². The number of benzene rings is 1. The van der Waals surface area contributed by atoms with E-state index < -0.39 is 0 Å². The van der Waals surface area contributed by atoms with Crippen LogP contribution in [0.15, 0.2) is 24.3 Å². The zero-order valence-electron chi connectivity index (χ0n) is 8.57. The van der Waals surface area contributed by atoms with Crippen LogP contribution in [0, 0.1) is 6.92 Å². The van der Waals surface area contributed by atoms with Gasteiger partial charge in [-0.2, -0.15) is 5.21 Å². The molecule has 2 aromatic rings. The average molecular weight is 203 g/mol. The van der Waals surface area contributed by atoms with Crippen molar-refractivity contribution in [3.8, 4) is 0 Å². The first-order chi connectivity index (χ1) is 7.34. The molecule has 0 bridgehead atoms. The molecule has 1 aromatic carbocycles. The first kappa shape index (κ1) is 9.79. The third kappa shape index (κ3) is 2.85. The number of aromatic nitrogens is 4. The minimum atomic E-state index is 0.629. The van der Waals surface area contributed by atoms with Gasteiger partial charge in [0.25, 0.3) is 0 Å². The van der Waals surface area contributed by atoms with E-state index in [0.29, 0.717) is 12.4 Å². The second-order valence-corrected chi connectivity index (χ2v) is 3.42. The van der Waals surface area contributed by atoms with E-state index in [-0.39, 0.29) is 0 Å². The Morgan fingerprint density at radius 3 is 2.67 bits per heavy atom. The first-order valence-corrected chi connectivity index (χ1v) is 4.83. The second kappa shape index (κ2) is 4.65. The first-order valence-electron chi connectivity index (χ1n) is 4.83. The molecule has 0 aliphatic carbocycles. The predicted octanol–water partition coefficient (Wildman–Crippen LogP) is 0.798. The number of hydrogen-bond donors (Lipinski definition) is 2. The van der Waals surface area contributed by atoms with Crippen molar-refractivity contribution < 1.29 is 0 Å². The molecule has 0 atom stereocenters. The Morgan fingerprint density at radius 1 is 1.20 bits per heavy atom. The van der Waals surface area contributed by atoms with E-state index in [0.717, 1.165) is 6.54 Å². The van der Waals surface area contributed by atoms with Crippen LogP contribution in [0.25, 0.3) is 0 Å². The summed E-state index contributed by atoms with van der Waals surface area (Å²) >= 11 is 0. The summed E-state index contributed by atoms with van der Waals surface area (Å²) in [7, 11) is 0. The topological polar surface area (TPSA) is 66.5 Å². The summed E-state index contributed by atoms with van der Waals surface area (Å²) in [4.78, 5) is 0. The Bertz CT molecular complexity index is 392. The van der Waals surface area contributed by atoms with E-state index in [2.05, 4.69) is 57.1 Å². The average Bonchev–Trinajstić information content (AvgIpc) is 2.74. The molecule has 0 aliphatic rings. The molecule has 1 aromatic heterocycles. The largest absolute Gasteiger partial charge is 0.306 e. The smallest absolute Gasteiger partial charge is 0.188 e. The van der Waals surface area contributed by atoms with Gasteiger partial charge in [0.05, 0.1) is 6.54 Å². The summed E-state index contributed by atoms with van der Waals surface area (Å²) in [5, 5.41) is 16.8. The van der Waals surface area contributed by atoms with Gasteiger partial charge in [-0.25, -0.2) is 0 Å². The summed E-state index contributed by atoms with van der Waals surface area (Å²) in [5.41, 5.74) is 2.53. The SMILES string of the molecule is Cc1ccc(CNCc2nn[nH]n2)cc1. The summed E-state index contributed by atoms with van der Waals surface area (Å²) in [6.07, 6.45) is 0. The van der Waals surface area contributed by atoms with Crippen molar-refractivity contribution in [2.45, 2.75) is 20.0 Å². The Labute approximate surface area is 87.9 Å². The number of tetrazole rings is 1. The number of rotatable bonds is 4. The maximum absolute atomic E-state index is 3.85. The second-order valence-electron chi connectivity index (χ2n) is 3.42. The normalized spacial score (nSPS) is 10.5. The van der Waals surface area contributed by atoms with Crippen LogP contribution in [-0.2, 0) is 13.1 Å². The van der Waals surface area contributed by atoms with Crippen LogP contribution in [0.1, 0.15) is 17.0 Å². The summed E-state index contributed by atoms with van der Waals surface area (Å²) in [5.74, 6) is 0.683. The van der Waals surface area contributed by atoms with E-state index >= 15 is 0 Å². The molecule has 0 saturated carbocycles. The number of nitrogens with zero attached hydrogens (tertiary/aromatic N) is 3. The number of hydrogen-bond acceptors (Lipinski definition) is 4. The molecule has 2 N–H and O–H groups in total. The lowest BCUT2D eigenvalue weighted by atomic mass is 10.1. The molecule has 1 heterocycles. The highest BCUT2D eigenvalue weighted by atomic mass is 15.5. The molecule has 0 fully saturated rings. The van der Waals surface area contributed by atoms with E-state index in [4.69, 9.17) is 0 Å². The van der Waals surface area contributed by atoms with Crippen molar-refractivity contribution in [3.05, 3.63) is 41.2 Å². The predicted molar refractivity (Wildman–Crippen MR) is 55.9 cm³/mol. The van der Waals surface area contributed by atoms with E-state index in [9.17, 15) is 0 Å². The molecule has 0 amide bonds. The van der Waals surface area contributed by atoms with Crippen molar-refractivity contribution in [1.82, 2.24) is 25.9 Å². The van der Waals surface area contributed by atoms with E-state index in [1.807, 2.05) is 0 Å². The molecule has 0 unspecified atom stereocenters. The van der Waals surface area contributed by atoms with Crippen LogP contribution in [0.2, 0.25) is 0 Å². The van der Waals surface area contributed by atoms with Crippen molar-refractivity contribution in [2.24, 2.45) is 0 Å². The standard InChI is InChI=1S/C10H13N5/c1-8-2-4-9(5-3-8)6-11-7-10-12-14-15-13-10/h2-5,11H,6-7H2,1H3,(H,12,13,14,15). The molecule has 15 heavy (non-hydrogen) atoms.